The molecule has 0 aromatic rings. The van der Waals surface area contributed by atoms with Crippen LogP contribution in [0.15, 0.2) is 0 Å². The molecule has 0 radical (unpaired) electrons. The summed E-state index contributed by atoms with van der Waals surface area (Å²) >= 11 is 7.14. The number of aliphatic carboxylic acids is 1. The standard InChI is InChI=1S/C3H7NO3S2/c5-1-2(3(6)7)4(8)9/h2,5,8-9H,1H2,(H,6,7)/t2-/m0/s1. The topological polar surface area (TPSA) is 60.8 Å². The Hall–Kier alpha value is 0.0900. The van der Waals surface area contributed by atoms with Gasteiger partial charge in [0.15, 0.2) is 6.04 Å². The molecule has 2 N–H and O–H groups in total. The van der Waals surface area contributed by atoms with Gasteiger partial charge in [-0.15, -0.1) is 0 Å². The van der Waals surface area contributed by atoms with Crippen molar-refractivity contribution in [2.45, 2.75) is 6.04 Å². The zero-order chi connectivity index (χ0) is 7.44. The third-order valence-corrected chi connectivity index (χ3v) is 1.29. The third-order valence-electron chi connectivity index (χ3n) is 0.737. The van der Waals surface area contributed by atoms with Crippen molar-refractivity contribution < 1.29 is 15.0 Å². The van der Waals surface area contributed by atoms with Crippen LogP contribution < -0.4 is 0 Å². The molecule has 6 heteroatoms. The largest absolute Gasteiger partial charge is 0.480 e. The average molecular weight is 169 g/mol. The van der Waals surface area contributed by atoms with Crippen LogP contribution in [0.3, 0.4) is 0 Å². The summed E-state index contributed by atoms with van der Waals surface area (Å²) in [6.07, 6.45) is 0. The first kappa shape index (κ1) is 9.09. The summed E-state index contributed by atoms with van der Waals surface area (Å²) in [5.41, 5.74) is 0. The van der Waals surface area contributed by atoms with Crippen LogP contribution in [0, 0.1) is 0 Å². The summed E-state index contributed by atoms with van der Waals surface area (Å²) in [4.78, 5) is 10.1. The second kappa shape index (κ2) is 3.99. The van der Waals surface area contributed by atoms with Gasteiger partial charge in [0.25, 0.3) is 0 Å². The molecule has 0 fully saturated rings. The van der Waals surface area contributed by atoms with Crippen LogP contribution in [-0.2, 0) is 4.79 Å². The maximum atomic E-state index is 10.1. The SMILES string of the molecule is O=C(O)[C@H](CO)N(S)S. The Balaban J connectivity index is 3.83. The molecule has 0 aliphatic heterocycles. The number of carboxylic acids is 1. The Bertz CT molecular complexity index is 107. The highest BCUT2D eigenvalue weighted by Gasteiger charge is 2.19. The highest BCUT2D eigenvalue weighted by molar-refractivity contribution is 7.93. The molecule has 0 aromatic carbocycles. The van der Waals surface area contributed by atoms with Crippen molar-refractivity contribution in [1.29, 1.82) is 0 Å². The quantitative estimate of drug-likeness (QED) is 0.427. The van der Waals surface area contributed by atoms with Gasteiger partial charge in [0.2, 0.25) is 0 Å². The normalized spacial score (nSPS) is 13.8. The summed E-state index contributed by atoms with van der Waals surface area (Å²) in [6, 6.07) is -1.04. The maximum Gasteiger partial charge on any atom is 0.325 e. The first-order valence-electron chi connectivity index (χ1n) is 2.10. The van der Waals surface area contributed by atoms with E-state index in [2.05, 4.69) is 25.6 Å². The van der Waals surface area contributed by atoms with Gasteiger partial charge in [0.05, 0.1) is 6.61 Å². The summed E-state index contributed by atoms with van der Waals surface area (Å²) in [5.74, 6) is -1.15. The molecule has 0 aliphatic rings. The maximum absolute atomic E-state index is 10.1. The molecule has 0 aliphatic carbocycles. The molecule has 54 valence electrons. The van der Waals surface area contributed by atoms with Crippen molar-refractivity contribution in [1.82, 2.24) is 3.71 Å². The predicted octanol–water partition coefficient (Wildman–Crippen LogP) is -0.577. The summed E-state index contributed by atoms with van der Waals surface area (Å²) in [7, 11) is 0. The number of hydrogen-bond acceptors (Lipinski definition) is 5. The van der Waals surface area contributed by atoms with E-state index in [4.69, 9.17) is 10.2 Å². The summed E-state index contributed by atoms with van der Waals surface area (Å²) < 4.78 is 0.836. The molecule has 0 saturated carbocycles. The van der Waals surface area contributed by atoms with Crippen molar-refractivity contribution in [3.63, 3.8) is 0 Å². The van der Waals surface area contributed by atoms with Gasteiger partial charge in [0.1, 0.15) is 0 Å². The Morgan fingerprint density at radius 3 is 2.11 bits per heavy atom. The monoisotopic (exact) mass is 169 g/mol. The molecule has 0 spiro atoms. The van der Waals surface area contributed by atoms with Crippen molar-refractivity contribution in [3.05, 3.63) is 0 Å². The number of aliphatic hydroxyl groups is 1. The molecule has 0 aromatic heterocycles. The molecule has 0 heterocycles. The lowest BCUT2D eigenvalue weighted by molar-refractivity contribution is -0.141. The Kier molecular flexibility index (Phi) is 4.03. The molecule has 0 rings (SSSR count). The van der Waals surface area contributed by atoms with E-state index in [0.29, 0.717) is 0 Å². The lowest BCUT2D eigenvalue weighted by Crippen LogP contribution is -2.32. The van der Waals surface area contributed by atoms with E-state index >= 15 is 0 Å². The van der Waals surface area contributed by atoms with Crippen molar-refractivity contribution in [2.75, 3.05) is 6.61 Å². The van der Waals surface area contributed by atoms with Gasteiger partial charge in [-0.3, -0.25) is 4.79 Å². The van der Waals surface area contributed by atoms with Gasteiger partial charge in [-0.05, 0) is 0 Å². The molecular formula is C3H7NO3S2. The lowest BCUT2D eigenvalue weighted by Gasteiger charge is -2.13. The fourth-order valence-electron chi connectivity index (χ4n) is 0.250. The van der Waals surface area contributed by atoms with Crippen LogP contribution in [-0.4, -0.2) is 32.5 Å². The molecule has 0 unspecified atom stereocenters. The van der Waals surface area contributed by atoms with Crippen molar-refractivity contribution >= 4 is 31.6 Å². The summed E-state index contributed by atoms with van der Waals surface area (Å²) in [5, 5.41) is 16.6. The minimum absolute atomic E-state index is 0.498. The van der Waals surface area contributed by atoms with Crippen LogP contribution in [0.5, 0.6) is 0 Å². The van der Waals surface area contributed by atoms with Gasteiger partial charge < -0.3 is 10.2 Å². The number of carboxylic acid groups (broad SMARTS) is 1. The Labute approximate surface area is 63.6 Å². The van der Waals surface area contributed by atoms with Crippen LogP contribution >= 0.6 is 25.6 Å². The van der Waals surface area contributed by atoms with Gasteiger partial charge >= 0.3 is 5.97 Å². The Morgan fingerprint density at radius 2 is 2.11 bits per heavy atom. The molecule has 0 bridgehead atoms. The third kappa shape index (κ3) is 2.95. The smallest absolute Gasteiger partial charge is 0.325 e. The Morgan fingerprint density at radius 1 is 1.67 bits per heavy atom. The molecule has 0 saturated heterocycles. The molecular weight excluding hydrogens is 162 g/mol. The second-order valence-electron chi connectivity index (χ2n) is 1.36. The summed E-state index contributed by atoms with van der Waals surface area (Å²) in [6.45, 7) is -0.498. The van der Waals surface area contributed by atoms with E-state index in [-0.39, 0.29) is 0 Å². The second-order valence-corrected chi connectivity index (χ2v) is 2.53. The molecule has 4 nitrogen and oxygen atoms in total. The van der Waals surface area contributed by atoms with Gasteiger partial charge in [-0.2, -0.15) is 3.71 Å². The number of thiol groups is 2. The first-order chi connectivity index (χ1) is 4.09. The van der Waals surface area contributed by atoms with Gasteiger partial charge in [0, 0.05) is 0 Å². The van der Waals surface area contributed by atoms with Crippen LogP contribution in [0.25, 0.3) is 0 Å². The van der Waals surface area contributed by atoms with Gasteiger partial charge in [-0.25, -0.2) is 0 Å². The fraction of sp³-hybridized carbons (Fsp3) is 0.667. The number of carbonyl (C=O) groups is 1. The molecule has 0 amide bonds. The van der Waals surface area contributed by atoms with Crippen LogP contribution in [0.4, 0.5) is 0 Å². The van der Waals surface area contributed by atoms with E-state index in [0.717, 1.165) is 3.71 Å². The fourth-order valence-corrected chi connectivity index (χ4v) is 0.594. The zero-order valence-electron chi connectivity index (χ0n) is 4.43. The van der Waals surface area contributed by atoms with Crippen molar-refractivity contribution in [2.24, 2.45) is 0 Å². The minimum atomic E-state index is -1.15. The number of aliphatic hydroxyl groups excluding tert-OH is 1. The van der Waals surface area contributed by atoms with E-state index in [1.807, 2.05) is 0 Å². The number of rotatable bonds is 3. The number of hydrogen-bond donors (Lipinski definition) is 4. The van der Waals surface area contributed by atoms with E-state index in [1.165, 1.54) is 0 Å². The predicted molar refractivity (Wildman–Crippen MR) is 38.3 cm³/mol. The molecule has 9 heavy (non-hydrogen) atoms. The van der Waals surface area contributed by atoms with E-state index in [9.17, 15) is 4.79 Å². The minimum Gasteiger partial charge on any atom is -0.480 e. The average Bonchev–Trinajstić information content (AvgIpc) is 1.64. The van der Waals surface area contributed by atoms with Crippen LogP contribution in [0.1, 0.15) is 0 Å². The van der Waals surface area contributed by atoms with E-state index < -0.39 is 18.6 Å². The highest BCUT2D eigenvalue weighted by Crippen LogP contribution is 2.04. The lowest BCUT2D eigenvalue weighted by atomic mass is 10.3. The van der Waals surface area contributed by atoms with Gasteiger partial charge in [-0.1, -0.05) is 25.6 Å². The first-order valence-corrected chi connectivity index (χ1v) is 2.90. The van der Waals surface area contributed by atoms with Crippen LogP contribution in [0.2, 0.25) is 0 Å². The van der Waals surface area contributed by atoms with E-state index in [1.54, 1.807) is 0 Å². The molecule has 1 atom stereocenters. The van der Waals surface area contributed by atoms with Crippen molar-refractivity contribution in [3.8, 4) is 0 Å². The highest BCUT2D eigenvalue weighted by atomic mass is 32.2. The zero-order valence-corrected chi connectivity index (χ0v) is 6.22. The number of nitrogens with zero attached hydrogens (tertiary/aromatic N) is 1.